The SMILES string of the molecule is Cc1cc(N(c2ccccc2)c2ccccn2)c2ccc3c(C)cc(N(c4ccccn4)c4cccc5ccccc45)c4ccc1c2c34.Cc1ccc(N(c2ccccc2)c2ccc3ccc4c(N(c5ccccc5)c5ccc(C)cn5)ccc5ccc2c3c54)nc1.c1ccc(N(c2ccccc2)c2ccc3ccc4c(N(c5ccccc5)c5ccccc5)ccc5ccc2c3c54)cc1. The van der Waals surface area contributed by atoms with E-state index in [-0.39, 0.29) is 0 Å². The van der Waals surface area contributed by atoms with Crippen molar-refractivity contribution in [2.45, 2.75) is 27.7 Å². The monoisotopic (exact) mass is 1720 g/mol. The third kappa shape index (κ3) is 14.6. The first-order valence-corrected chi connectivity index (χ1v) is 45.6. The second-order valence-electron chi connectivity index (χ2n) is 34.3. The van der Waals surface area contributed by atoms with Crippen LogP contribution >= 0.6 is 0 Å². The highest BCUT2D eigenvalue weighted by Gasteiger charge is 2.29. The summed E-state index contributed by atoms with van der Waals surface area (Å²) in [6, 6.07) is 160. The van der Waals surface area contributed by atoms with Crippen molar-refractivity contribution in [3.63, 3.8) is 0 Å². The summed E-state index contributed by atoms with van der Waals surface area (Å²) in [5.41, 5.74) is 20.3. The fourth-order valence-electron chi connectivity index (χ4n) is 20.0. The van der Waals surface area contributed by atoms with Gasteiger partial charge in [0.15, 0.2) is 0 Å². The van der Waals surface area contributed by atoms with Crippen LogP contribution in [0.1, 0.15) is 22.3 Å². The van der Waals surface area contributed by atoms with Gasteiger partial charge in [0.1, 0.15) is 23.3 Å². The van der Waals surface area contributed by atoms with Crippen molar-refractivity contribution in [1.29, 1.82) is 0 Å². The second kappa shape index (κ2) is 34.8. The number of hydrogen-bond donors (Lipinski definition) is 0. The number of para-hydroxylation sites is 7. The van der Waals surface area contributed by atoms with E-state index in [1.807, 2.05) is 36.9 Å². The highest BCUT2D eigenvalue weighted by molar-refractivity contribution is 6.32. The molecule has 10 heteroatoms. The zero-order valence-corrected chi connectivity index (χ0v) is 74.5. The Bertz CT molecular complexity index is 8080. The van der Waals surface area contributed by atoms with Crippen molar-refractivity contribution in [3.8, 4) is 0 Å². The zero-order valence-electron chi connectivity index (χ0n) is 74.5. The van der Waals surface area contributed by atoms with Crippen LogP contribution in [-0.2, 0) is 0 Å². The lowest BCUT2D eigenvalue weighted by Crippen LogP contribution is -2.13. The fraction of sp³-hybridized carbons (Fsp3) is 0.0323. The summed E-state index contributed by atoms with van der Waals surface area (Å²) < 4.78 is 0. The summed E-state index contributed by atoms with van der Waals surface area (Å²) in [5.74, 6) is 3.54. The standard InChI is InChI=1S/C44H32N4.C40H30N4.C40H28N2/c1-29-27-39(47(32-15-4-3-5-16-32)41-19-8-10-25-45-41)36-23-21-34-30(2)28-40(37-24-22-33(29)43(36)44(34)37)48(42-20-9-11-26-46-42)38-18-12-14-31-13-6-7-17-35(31)38;1-27-13-23-37(41-25-27)43(31-9-5-3-6-10-31)35-21-17-29-16-20-34-36(22-18-30-15-19-33(35)39(29)40(30)34)44(32-11-7-4-8-12-32)38-24-14-28(2)26-42-38;1-5-13-31(14-6-1)41(32-15-7-2-8-16-32)37-27-23-29-22-26-36-38(28-24-30-21-25-35(37)39(29)40(30)36)42(33-17-9-3-10-18-33)34-19-11-4-12-20-34/h3-28H,1-2H3;3-26H,1-2H3;1-28H. The summed E-state index contributed by atoms with van der Waals surface area (Å²) in [6.45, 7) is 8.60. The van der Waals surface area contributed by atoms with Crippen molar-refractivity contribution in [2.75, 3.05) is 29.4 Å². The minimum atomic E-state index is 0.880. The Morgan fingerprint density at radius 1 is 0.157 bits per heavy atom. The molecule has 0 bridgehead atoms. The molecule has 0 aliphatic rings. The molecule has 636 valence electrons. The average molecular weight is 1720 g/mol. The van der Waals surface area contributed by atoms with Gasteiger partial charge in [0.25, 0.3) is 0 Å². The number of hydrogen-bond acceptors (Lipinski definition) is 10. The van der Waals surface area contributed by atoms with Crippen molar-refractivity contribution in [2.24, 2.45) is 0 Å². The van der Waals surface area contributed by atoms with Gasteiger partial charge in [-0.1, -0.05) is 285 Å². The predicted molar refractivity (Wildman–Crippen MR) is 566 cm³/mol. The molecule has 4 heterocycles. The van der Waals surface area contributed by atoms with Crippen LogP contribution in [0, 0.1) is 27.7 Å². The molecule has 0 aliphatic heterocycles. The number of pyridine rings is 4. The molecule has 25 aromatic rings. The van der Waals surface area contributed by atoms with Crippen LogP contribution in [0.15, 0.2) is 474 Å². The van der Waals surface area contributed by atoms with E-state index in [0.717, 1.165) is 103 Å². The molecule has 10 nitrogen and oxygen atoms in total. The Morgan fingerprint density at radius 2 is 0.418 bits per heavy atom. The number of rotatable bonds is 18. The molecule has 0 spiro atoms. The van der Waals surface area contributed by atoms with E-state index in [0.29, 0.717) is 0 Å². The molecule has 0 fully saturated rings. The maximum atomic E-state index is 4.91. The molecule has 25 rings (SSSR count). The van der Waals surface area contributed by atoms with Gasteiger partial charge in [-0.05, 0) is 284 Å². The maximum absolute atomic E-state index is 4.91. The highest BCUT2D eigenvalue weighted by atomic mass is 15.2. The van der Waals surface area contributed by atoms with Gasteiger partial charge in [-0.3, -0.25) is 19.6 Å². The van der Waals surface area contributed by atoms with Gasteiger partial charge >= 0.3 is 0 Å². The molecular weight excluding hydrogens is 1630 g/mol. The third-order valence-electron chi connectivity index (χ3n) is 26.1. The summed E-state index contributed by atoms with van der Waals surface area (Å²) in [4.78, 5) is 33.3. The molecule has 0 saturated carbocycles. The molecule has 21 aromatic carbocycles. The highest BCUT2D eigenvalue weighted by Crippen LogP contribution is 2.54. The summed E-state index contributed by atoms with van der Waals surface area (Å²) in [6.07, 6.45) is 7.61. The van der Waals surface area contributed by atoms with Crippen LogP contribution in [0.4, 0.5) is 103 Å². The van der Waals surface area contributed by atoms with Crippen molar-refractivity contribution >= 4 is 211 Å². The number of nitrogens with zero attached hydrogens (tertiary/aromatic N) is 10. The van der Waals surface area contributed by atoms with Gasteiger partial charge < -0.3 is 9.80 Å². The molecule has 0 N–H and O–H groups in total. The minimum absolute atomic E-state index is 0.880. The van der Waals surface area contributed by atoms with Crippen molar-refractivity contribution in [3.05, 3.63) is 496 Å². The van der Waals surface area contributed by atoms with Crippen LogP contribution in [0.5, 0.6) is 0 Å². The van der Waals surface area contributed by atoms with E-state index in [2.05, 4.69) is 494 Å². The zero-order chi connectivity index (χ0) is 89.7. The molecule has 0 radical (unpaired) electrons. The summed E-state index contributed by atoms with van der Waals surface area (Å²) in [5, 5.41) is 24.6. The van der Waals surface area contributed by atoms with Gasteiger partial charge in [0, 0.05) is 102 Å². The van der Waals surface area contributed by atoms with Gasteiger partial charge in [0.05, 0.1) is 39.8 Å². The van der Waals surface area contributed by atoms with Gasteiger partial charge in [-0.25, -0.2) is 19.9 Å². The number of benzene rings is 21. The Labute approximate surface area is 778 Å². The van der Waals surface area contributed by atoms with Gasteiger partial charge in [-0.15, -0.1) is 0 Å². The summed E-state index contributed by atoms with van der Waals surface area (Å²) in [7, 11) is 0. The molecule has 4 aromatic heterocycles. The summed E-state index contributed by atoms with van der Waals surface area (Å²) >= 11 is 0. The van der Waals surface area contributed by atoms with E-state index >= 15 is 0 Å². The first kappa shape index (κ1) is 80.9. The van der Waals surface area contributed by atoms with E-state index in [1.54, 1.807) is 0 Å². The number of anilines is 18. The Hall–Kier alpha value is -17.6. The topological polar surface area (TPSA) is 71.0 Å². The van der Waals surface area contributed by atoms with Crippen LogP contribution in [0.3, 0.4) is 0 Å². The lowest BCUT2D eigenvalue weighted by atomic mass is 9.88. The van der Waals surface area contributed by atoms with Crippen molar-refractivity contribution in [1.82, 2.24) is 19.9 Å². The van der Waals surface area contributed by atoms with E-state index in [1.165, 1.54) is 130 Å². The Kier molecular flexibility index (Phi) is 21.0. The van der Waals surface area contributed by atoms with E-state index in [4.69, 9.17) is 19.9 Å². The largest absolute Gasteiger partial charge is 0.310 e. The first-order valence-electron chi connectivity index (χ1n) is 45.6. The lowest BCUT2D eigenvalue weighted by molar-refractivity contribution is 1.17. The molecule has 0 amide bonds. The number of fused-ring (bicyclic) bond motifs is 1. The quantitative estimate of drug-likeness (QED) is 0.0776. The van der Waals surface area contributed by atoms with Gasteiger partial charge in [0.2, 0.25) is 0 Å². The minimum Gasteiger partial charge on any atom is -0.310 e. The smallest absolute Gasteiger partial charge is 0.137 e. The fourth-order valence-corrected chi connectivity index (χ4v) is 20.0. The van der Waals surface area contributed by atoms with E-state index in [9.17, 15) is 0 Å². The number of aromatic nitrogens is 4. The molecule has 0 unspecified atom stereocenters. The van der Waals surface area contributed by atoms with E-state index < -0.39 is 0 Å². The van der Waals surface area contributed by atoms with Crippen LogP contribution in [0.2, 0.25) is 0 Å². The molecule has 134 heavy (non-hydrogen) atoms. The van der Waals surface area contributed by atoms with Crippen LogP contribution in [-0.4, -0.2) is 19.9 Å². The predicted octanol–water partition coefficient (Wildman–Crippen LogP) is 34.5. The third-order valence-corrected chi connectivity index (χ3v) is 26.1. The van der Waals surface area contributed by atoms with Crippen LogP contribution < -0.4 is 29.4 Å². The normalized spacial score (nSPS) is 11.4. The average Bonchev–Trinajstić information content (AvgIpc) is 0.288. The Balaban J connectivity index is 0.000000114. The molecular formula is C124H90N10. The maximum Gasteiger partial charge on any atom is 0.137 e. The molecule has 0 aliphatic carbocycles. The number of aryl methyl sites for hydroxylation is 4. The second-order valence-corrected chi connectivity index (χ2v) is 34.3. The Morgan fingerprint density at radius 3 is 0.761 bits per heavy atom. The van der Waals surface area contributed by atoms with Gasteiger partial charge in [-0.2, -0.15) is 0 Å². The van der Waals surface area contributed by atoms with Crippen LogP contribution in [0.25, 0.3) is 108 Å². The lowest BCUT2D eigenvalue weighted by Gasteiger charge is -2.30. The first-order chi connectivity index (χ1) is 66.2. The molecule has 0 atom stereocenters. The molecule has 0 saturated heterocycles. The van der Waals surface area contributed by atoms with Crippen molar-refractivity contribution < 1.29 is 0 Å².